The van der Waals surface area contributed by atoms with Crippen molar-refractivity contribution in [1.29, 1.82) is 0 Å². The van der Waals surface area contributed by atoms with E-state index in [4.69, 9.17) is 4.74 Å². The Labute approximate surface area is 142 Å². The molecule has 0 bridgehead atoms. The maximum absolute atomic E-state index is 11.8. The zero-order valence-electron chi connectivity index (χ0n) is 15.4. The van der Waals surface area contributed by atoms with Crippen LogP contribution in [-0.2, 0) is 4.74 Å². The van der Waals surface area contributed by atoms with E-state index < -0.39 is 0 Å². The quantitative estimate of drug-likeness (QED) is 0.713. The largest absolute Gasteiger partial charge is 0.453 e. The molecule has 132 valence electrons. The topological polar surface area (TPSA) is 38.3 Å². The van der Waals surface area contributed by atoms with Crippen LogP contribution in [0.4, 0.5) is 4.79 Å². The SMILES string of the molecule is COC(=O)N[C@@H](/C=C1\C[C@H](C)CC[C@H]1C(C)C)C1CCCCC1. The van der Waals surface area contributed by atoms with Crippen molar-refractivity contribution in [2.24, 2.45) is 23.7 Å². The molecule has 0 unspecified atom stereocenters. The fourth-order valence-electron chi connectivity index (χ4n) is 4.47. The first kappa shape index (κ1) is 18.4. The molecule has 0 aromatic rings. The number of nitrogens with one attached hydrogen (secondary N) is 1. The fraction of sp³-hybridized carbons (Fsp3) is 0.850. The smallest absolute Gasteiger partial charge is 0.407 e. The predicted molar refractivity (Wildman–Crippen MR) is 95.3 cm³/mol. The molecule has 2 aliphatic rings. The van der Waals surface area contributed by atoms with E-state index >= 15 is 0 Å². The van der Waals surface area contributed by atoms with E-state index in [1.54, 1.807) is 5.57 Å². The Kier molecular flexibility index (Phi) is 6.98. The van der Waals surface area contributed by atoms with Gasteiger partial charge in [-0.1, -0.05) is 51.7 Å². The second-order valence-corrected chi connectivity index (χ2v) is 8.04. The van der Waals surface area contributed by atoms with E-state index in [2.05, 4.69) is 32.2 Å². The minimum Gasteiger partial charge on any atom is -0.453 e. The number of allylic oxidation sites excluding steroid dienone is 1. The molecule has 0 heterocycles. The highest BCUT2D eigenvalue weighted by atomic mass is 16.5. The third kappa shape index (κ3) is 5.26. The van der Waals surface area contributed by atoms with Gasteiger partial charge in [0.05, 0.1) is 13.2 Å². The van der Waals surface area contributed by atoms with Crippen LogP contribution in [0.1, 0.15) is 72.1 Å². The van der Waals surface area contributed by atoms with Crippen LogP contribution >= 0.6 is 0 Å². The Morgan fingerprint density at radius 1 is 1.17 bits per heavy atom. The highest BCUT2D eigenvalue weighted by Gasteiger charge is 2.29. The molecule has 2 rings (SSSR count). The number of alkyl carbamates (subject to hydrolysis) is 1. The predicted octanol–water partition coefficient (Wildman–Crippen LogP) is 5.31. The van der Waals surface area contributed by atoms with Crippen molar-refractivity contribution in [2.45, 2.75) is 78.2 Å². The highest BCUT2D eigenvalue weighted by molar-refractivity contribution is 5.67. The second-order valence-electron chi connectivity index (χ2n) is 8.04. The Balaban J connectivity index is 2.18. The molecular formula is C20H35NO2. The number of carbonyl (C=O) groups is 1. The van der Waals surface area contributed by atoms with Crippen molar-refractivity contribution >= 4 is 6.09 Å². The number of hydrogen-bond donors (Lipinski definition) is 1. The average Bonchev–Trinajstić information content (AvgIpc) is 2.54. The summed E-state index contributed by atoms with van der Waals surface area (Å²) < 4.78 is 4.88. The minimum absolute atomic E-state index is 0.143. The number of methoxy groups -OCH3 is 1. The van der Waals surface area contributed by atoms with E-state index in [0.29, 0.717) is 17.8 Å². The molecule has 3 atom stereocenters. The lowest BCUT2D eigenvalue weighted by Crippen LogP contribution is -2.40. The van der Waals surface area contributed by atoms with E-state index in [-0.39, 0.29) is 12.1 Å². The number of rotatable bonds is 4. The molecular weight excluding hydrogens is 286 g/mol. The number of hydrogen-bond acceptors (Lipinski definition) is 2. The average molecular weight is 322 g/mol. The second kappa shape index (κ2) is 8.75. The molecule has 0 saturated heterocycles. The molecule has 0 aromatic carbocycles. The molecule has 0 spiro atoms. The van der Waals surface area contributed by atoms with Crippen LogP contribution in [0, 0.1) is 23.7 Å². The Morgan fingerprint density at radius 2 is 1.87 bits per heavy atom. The molecule has 0 aromatic heterocycles. The summed E-state index contributed by atoms with van der Waals surface area (Å²) in [6.07, 6.45) is 12.3. The number of amides is 1. The molecule has 0 radical (unpaired) electrons. The third-order valence-corrected chi connectivity index (χ3v) is 5.86. The van der Waals surface area contributed by atoms with Crippen molar-refractivity contribution in [3.63, 3.8) is 0 Å². The summed E-state index contributed by atoms with van der Waals surface area (Å²) >= 11 is 0. The first-order valence-electron chi connectivity index (χ1n) is 9.56. The summed E-state index contributed by atoms with van der Waals surface area (Å²) in [7, 11) is 1.46. The van der Waals surface area contributed by atoms with E-state index in [1.807, 2.05) is 0 Å². The van der Waals surface area contributed by atoms with Gasteiger partial charge >= 0.3 is 6.09 Å². The lowest BCUT2D eigenvalue weighted by molar-refractivity contribution is 0.162. The lowest BCUT2D eigenvalue weighted by atomic mass is 9.72. The molecule has 1 amide bonds. The van der Waals surface area contributed by atoms with Crippen LogP contribution < -0.4 is 5.32 Å². The summed E-state index contributed by atoms with van der Waals surface area (Å²) in [6, 6.07) is 0.143. The lowest BCUT2D eigenvalue weighted by Gasteiger charge is -2.35. The van der Waals surface area contributed by atoms with E-state index in [9.17, 15) is 4.79 Å². The van der Waals surface area contributed by atoms with Gasteiger partial charge in [-0.3, -0.25) is 0 Å². The van der Waals surface area contributed by atoms with Crippen LogP contribution in [0.15, 0.2) is 11.6 Å². The Hall–Kier alpha value is -0.990. The van der Waals surface area contributed by atoms with Gasteiger partial charge in [0.2, 0.25) is 0 Å². The summed E-state index contributed by atoms with van der Waals surface area (Å²) in [5.41, 5.74) is 1.57. The van der Waals surface area contributed by atoms with Gasteiger partial charge in [-0.05, 0) is 55.8 Å². The molecule has 23 heavy (non-hydrogen) atoms. The van der Waals surface area contributed by atoms with Crippen LogP contribution in [0.3, 0.4) is 0 Å². The van der Waals surface area contributed by atoms with Gasteiger partial charge in [-0.15, -0.1) is 0 Å². The summed E-state index contributed by atoms with van der Waals surface area (Å²) in [5, 5.41) is 3.12. The molecule has 0 aliphatic heterocycles. The summed E-state index contributed by atoms with van der Waals surface area (Å²) in [4.78, 5) is 11.8. The fourth-order valence-corrected chi connectivity index (χ4v) is 4.47. The Morgan fingerprint density at radius 3 is 2.48 bits per heavy atom. The molecule has 2 fully saturated rings. The molecule has 1 N–H and O–H groups in total. The first-order valence-corrected chi connectivity index (χ1v) is 9.56. The van der Waals surface area contributed by atoms with Gasteiger partial charge in [0.15, 0.2) is 0 Å². The van der Waals surface area contributed by atoms with Crippen molar-refractivity contribution in [3.8, 4) is 0 Å². The molecule has 2 aliphatic carbocycles. The standard InChI is InChI=1S/C20H35NO2/c1-14(2)18-11-10-15(3)12-17(18)13-19(21-20(22)23-4)16-8-6-5-7-9-16/h13-16,18-19H,5-12H2,1-4H3,(H,21,22)/b17-13+/t15-,18+,19+/m1/s1. The van der Waals surface area contributed by atoms with Gasteiger partial charge in [-0.2, -0.15) is 0 Å². The highest BCUT2D eigenvalue weighted by Crippen LogP contribution is 2.38. The number of ether oxygens (including phenoxy) is 1. The van der Waals surface area contributed by atoms with Crippen LogP contribution in [0.5, 0.6) is 0 Å². The van der Waals surface area contributed by atoms with Crippen LogP contribution in [0.25, 0.3) is 0 Å². The van der Waals surface area contributed by atoms with E-state index in [0.717, 1.165) is 5.92 Å². The van der Waals surface area contributed by atoms with Gasteiger partial charge in [0.1, 0.15) is 0 Å². The summed E-state index contributed by atoms with van der Waals surface area (Å²) in [5.74, 6) is 2.69. The zero-order chi connectivity index (χ0) is 16.8. The zero-order valence-corrected chi connectivity index (χ0v) is 15.4. The molecule has 3 nitrogen and oxygen atoms in total. The van der Waals surface area contributed by atoms with Gasteiger partial charge in [-0.25, -0.2) is 4.79 Å². The molecule has 3 heteroatoms. The van der Waals surface area contributed by atoms with Crippen molar-refractivity contribution in [1.82, 2.24) is 5.32 Å². The van der Waals surface area contributed by atoms with Gasteiger partial charge in [0.25, 0.3) is 0 Å². The first-order chi connectivity index (χ1) is 11.0. The maximum atomic E-state index is 11.8. The minimum atomic E-state index is -0.289. The van der Waals surface area contributed by atoms with Crippen molar-refractivity contribution in [2.75, 3.05) is 7.11 Å². The van der Waals surface area contributed by atoms with Gasteiger partial charge < -0.3 is 10.1 Å². The summed E-state index contributed by atoms with van der Waals surface area (Å²) in [6.45, 7) is 7.02. The number of carbonyl (C=O) groups excluding carboxylic acids is 1. The van der Waals surface area contributed by atoms with Crippen molar-refractivity contribution in [3.05, 3.63) is 11.6 Å². The Bertz CT molecular complexity index is 410. The maximum Gasteiger partial charge on any atom is 0.407 e. The normalized spacial score (nSPS) is 29.5. The van der Waals surface area contributed by atoms with Gasteiger partial charge in [0, 0.05) is 0 Å². The molecule has 2 saturated carbocycles. The van der Waals surface area contributed by atoms with Crippen LogP contribution in [-0.4, -0.2) is 19.2 Å². The van der Waals surface area contributed by atoms with E-state index in [1.165, 1.54) is 58.5 Å². The monoisotopic (exact) mass is 321 g/mol. The van der Waals surface area contributed by atoms with Crippen LogP contribution in [0.2, 0.25) is 0 Å². The van der Waals surface area contributed by atoms with Crippen molar-refractivity contribution < 1.29 is 9.53 Å². The third-order valence-electron chi connectivity index (χ3n) is 5.86.